The number of nitrogens with one attached hydrogen (secondary N) is 1. The molecule has 0 spiro atoms. The minimum Gasteiger partial charge on any atom is -0.466 e. The quantitative estimate of drug-likeness (QED) is 0.665. The van der Waals surface area contributed by atoms with Gasteiger partial charge in [-0.05, 0) is 12.1 Å². The van der Waals surface area contributed by atoms with Crippen LogP contribution in [0.15, 0.2) is 30.0 Å². The average molecular weight is 271 g/mol. The van der Waals surface area contributed by atoms with Crippen LogP contribution in [0.25, 0.3) is 0 Å². The molecule has 0 aliphatic carbocycles. The summed E-state index contributed by atoms with van der Waals surface area (Å²) in [6.45, 7) is 0. The molecular weight excluding hydrogens is 260 g/mol. The summed E-state index contributed by atoms with van der Waals surface area (Å²) >= 11 is 0. The summed E-state index contributed by atoms with van der Waals surface area (Å²) in [6, 6.07) is 2.64. The third kappa shape index (κ3) is 4.06. The lowest BCUT2D eigenvalue weighted by Crippen LogP contribution is -2.16. The van der Waals surface area contributed by atoms with E-state index in [0.717, 1.165) is 38.5 Å². The van der Waals surface area contributed by atoms with Crippen LogP contribution in [0.3, 0.4) is 0 Å². The Morgan fingerprint density at radius 2 is 1.89 bits per heavy atom. The SMILES string of the molecule is COC(=O)/C=C(/Nc1cc(F)ccc1F)C(=O)OC. The number of methoxy groups -OCH3 is 2. The van der Waals surface area contributed by atoms with Gasteiger partial charge in [-0.25, -0.2) is 18.4 Å². The Hall–Kier alpha value is -2.44. The summed E-state index contributed by atoms with van der Waals surface area (Å²) in [5, 5.41) is 2.27. The third-order valence-corrected chi connectivity index (χ3v) is 2.07. The largest absolute Gasteiger partial charge is 0.466 e. The van der Waals surface area contributed by atoms with Crippen LogP contribution in [0.2, 0.25) is 0 Å². The number of carbonyl (C=O) groups is 2. The Morgan fingerprint density at radius 3 is 2.47 bits per heavy atom. The number of ether oxygens (including phenoxy) is 2. The van der Waals surface area contributed by atoms with Crippen LogP contribution >= 0.6 is 0 Å². The lowest BCUT2D eigenvalue weighted by molar-refractivity contribution is -0.138. The molecule has 0 amide bonds. The molecule has 0 radical (unpaired) electrons. The van der Waals surface area contributed by atoms with Crippen molar-refractivity contribution < 1.29 is 27.8 Å². The maximum absolute atomic E-state index is 13.4. The fourth-order valence-electron chi connectivity index (χ4n) is 1.17. The van der Waals surface area contributed by atoms with Gasteiger partial charge in [-0.3, -0.25) is 0 Å². The van der Waals surface area contributed by atoms with Gasteiger partial charge in [0.2, 0.25) is 0 Å². The van der Waals surface area contributed by atoms with E-state index in [9.17, 15) is 18.4 Å². The summed E-state index contributed by atoms with van der Waals surface area (Å²) in [5.74, 6) is -3.26. The van der Waals surface area contributed by atoms with Crippen LogP contribution in [0, 0.1) is 11.6 Å². The van der Waals surface area contributed by atoms with Crippen molar-refractivity contribution in [1.29, 1.82) is 0 Å². The number of rotatable bonds is 4. The van der Waals surface area contributed by atoms with Crippen molar-refractivity contribution in [2.45, 2.75) is 0 Å². The molecule has 1 rings (SSSR count). The molecule has 0 bridgehead atoms. The smallest absolute Gasteiger partial charge is 0.354 e. The Bertz CT molecular complexity index is 528. The Morgan fingerprint density at radius 1 is 1.21 bits per heavy atom. The van der Waals surface area contributed by atoms with Crippen LogP contribution in [0.4, 0.5) is 14.5 Å². The molecule has 102 valence electrons. The zero-order valence-electron chi connectivity index (χ0n) is 10.2. The minimum absolute atomic E-state index is 0.305. The van der Waals surface area contributed by atoms with Gasteiger partial charge in [0, 0.05) is 6.07 Å². The first-order chi connectivity index (χ1) is 8.97. The molecule has 5 nitrogen and oxygen atoms in total. The monoisotopic (exact) mass is 271 g/mol. The summed E-state index contributed by atoms with van der Waals surface area (Å²) in [4.78, 5) is 22.5. The topological polar surface area (TPSA) is 64.6 Å². The van der Waals surface area contributed by atoms with Gasteiger partial charge in [-0.15, -0.1) is 0 Å². The van der Waals surface area contributed by atoms with Gasteiger partial charge in [0.25, 0.3) is 0 Å². The number of anilines is 1. The predicted molar refractivity (Wildman–Crippen MR) is 62.1 cm³/mol. The van der Waals surface area contributed by atoms with Crippen molar-refractivity contribution in [3.63, 3.8) is 0 Å². The maximum Gasteiger partial charge on any atom is 0.354 e. The number of halogens is 2. The molecule has 0 saturated carbocycles. The number of carbonyl (C=O) groups excluding carboxylic acids is 2. The number of hydrogen-bond acceptors (Lipinski definition) is 5. The van der Waals surface area contributed by atoms with Crippen LogP contribution in [0.5, 0.6) is 0 Å². The number of esters is 2. The van der Waals surface area contributed by atoms with E-state index in [0.29, 0.717) is 0 Å². The molecular formula is C12H11F2NO4. The van der Waals surface area contributed by atoms with E-state index in [4.69, 9.17) is 0 Å². The van der Waals surface area contributed by atoms with Crippen molar-refractivity contribution in [1.82, 2.24) is 0 Å². The number of hydrogen-bond donors (Lipinski definition) is 1. The van der Waals surface area contributed by atoms with Crippen LogP contribution in [-0.4, -0.2) is 26.2 Å². The summed E-state index contributed by atoms with van der Waals surface area (Å²) in [5.41, 5.74) is -0.681. The molecule has 0 aliphatic heterocycles. The lowest BCUT2D eigenvalue weighted by Gasteiger charge is -2.09. The van der Waals surface area contributed by atoms with E-state index in [2.05, 4.69) is 14.8 Å². The fourth-order valence-corrected chi connectivity index (χ4v) is 1.17. The van der Waals surface area contributed by atoms with Crippen molar-refractivity contribution in [3.8, 4) is 0 Å². The van der Waals surface area contributed by atoms with Crippen LogP contribution in [-0.2, 0) is 19.1 Å². The van der Waals surface area contributed by atoms with Crippen molar-refractivity contribution in [2.75, 3.05) is 19.5 Å². The fraction of sp³-hybridized carbons (Fsp3) is 0.167. The normalized spacial score (nSPS) is 10.8. The molecule has 1 N–H and O–H groups in total. The van der Waals surface area contributed by atoms with E-state index >= 15 is 0 Å². The standard InChI is InChI=1S/C12H11F2NO4/c1-18-11(16)6-10(12(17)19-2)15-9-5-7(13)3-4-8(9)14/h3-6,15H,1-2H3/b10-6+. The Balaban J connectivity index is 3.07. The lowest BCUT2D eigenvalue weighted by atomic mass is 10.2. The Kier molecular flexibility index (Phi) is 4.99. The molecule has 0 saturated heterocycles. The highest BCUT2D eigenvalue weighted by Gasteiger charge is 2.15. The third-order valence-electron chi connectivity index (χ3n) is 2.07. The molecule has 0 fully saturated rings. The first-order valence-corrected chi connectivity index (χ1v) is 5.08. The molecule has 0 aromatic heterocycles. The molecule has 1 aromatic rings. The molecule has 0 aliphatic rings. The second-order valence-electron chi connectivity index (χ2n) is 3.32. The van der Waals surface area contributed by atoms with Gasteiger partial charge in [0.1, 0.15) is 17.3 Å². The summed E-state index contributed by atoms with van der Waals surface area (Å²) < 4.78 is 35.1. The van der Waals surface area contributed by atoms with Gasteiger partial charge >= 0.3 is 11.9 Å². The molecule has 0 atom stereocenters. The van der Waals surface area contributed by atoms with E-state index in [1.807, 2.05) is 0 Å². The van der Waals surface area contributed by atoms with E-state index in [-0.39, 0.29) is 11.4 Å². The van der Waals surface area contributed by atoms with Crippen LogP contribution in [0.1, 0.15) is 0 Å². The first-order valence-electron chi connectivity index (χ1n) is 5.08. The minimum atomic E-state index is -0.922. The molecule has 1 aromatic carbocycles. The molecule has 0 heterocycles. The molecule has 7 heteroatoms. The molecule has 19 heavy (non-hydrogen) atoms. The van der Waals surface area contributed by atoms with Crippen molar-refractivity contribution >= 4 is 17.6 Å². The Labute approximate surface area is 107 Å². The average Bonchev–Trinajstić information content (AvgIpc) is 2.40. The van der Waals surface area contributed by atoms with Gasteiger partial charge < -0.3 is 14.8 Å². The van der Waals surface area contributed by atoms with Crippen molar-refractivity contribution in [2.24, 2.45) is 0 Å². The first kappa shape index (κ1) is 14.6. The maximum atomic E-state index is 13.4. The van der Waals surface area contributed by atoms with Crippen LogP contribution < -0.4 is 5.32 Å². The van der Waals surface area contributed by atoms with Gasteiger partial charge in [-0.1, -0.05) is 0 Å². The van der Waals surface area contributed by atoms with Crippen molar-refractivity contribution in [3.05, 3.63) is 41.6 Å². The number of benzene rings is 1. The highest BCUT2D eigenvalue weighted by Crippen LogP contribution is 2.17. The van der Waals surface area contributed by atoms with Gasteiger partial charge in [0.05, 0.1) is 26.0 Å². The highest BCUT2D eigenvalue weighted by atomic mass is 19.1. The second-order valence-corrected chi connectivity index (χ2v) is 3.32. The highest BCUT2D eigenvalue weighted by molar-refractivity contribution is 5.98. The summed E-state index contributed by atoms with van der Waals surface area (Å²) in [7, 11) is 2.19. The zero-order valence-corrected chi connectivity index (χ0v) is 10.2. The summed E-state index contributed by atoms with van der Waals surface area (Å²) in [6.07, 6.45) is 0.774. The van der Waals surface area contributed by atoms with E-state index < -0.39 is 23.6 Å². The molecule has 0 unspecified atom stereocenters. The predicted octanol–water partition coefficient (Wildman–Crippen LogP) is 1.61. The zero-order chi connectivity index (χ0) is 14.4. The van der Waals surface area contributed by atoms with Gasteiger partial charge in [0.15, 0.2) is 0 Å². The second kappa shape index (κ2) is 6.48. The van der Waals surface area contributed by atoms with E-state index in [1.54, 1.807) is 0 Å². The van der Waals surface area contributed by atoms with Gasteiger partial charge in [-0.2, -0.15) is 0 Å². The van der Waals surface area contributed by atoms with E-state index in [1.165, 1.54) is 0 Å².